The molecule has 0 rings (SSSR count). The average Bonchev–Trinajstić information content (AvgIpc) is 1.98. The van der Waals surface area contributed by atoms with Crippen LogP contribution in [0.3, 0.4) is 0 Å². The summed E-state index contributed by atoms with van der Waals surface area (Å²) in [5.74, 6) is 0. The Labute approximate surface area is 61.5 Å². The van der Waals surface area contributed by atoms with Gasteiger partial charge < -0.3 is 9.47 Å². The second-order valence-corrected chi connectivity index (χ2v) is 1.99. The van der Waals surface area contributed by atoms with Crippen molar-refractivity contribution in [1.29, 1.82) is 5.26 Å². The Morgan fingerprint density at radius 3 is 2.70 bits per heavy atom. The van der Waals surface area contributed by atoms with E-state index < -0.39 is 0 Å². The molecule has 0 heterocycles. The minimum Gasteiger partial charge on any atom is -0.385 e. The normalized spacial score (nSPS) is 12.5. The first-order chi connectivity index (χ1) is 4.81. The molecule has 3 heteroatoms. The summed E-state index contributed by atoms with van der Waals surface area (Å²) in [7, 11) is 1.65. The van der Waals surface area contributed by atoms with Gasteiger partial charge in [0.2, 0.25) is 0 Å². The van der Waals surface area contributed by atoms with Crippen molar-refractivity contribution in [3.63, 3.8) is 0 Å². The number of methoxy groups -OCH3 is 1. The summed E-state index contributed by atoms with van der Waals surface area (Å²) in [5, 5.41) is 8.29. The minimum absolute atomic E-state index is 0.295. The van der Waals surface area contributed by atoms with E-state index in [1.165, 1.54) is 0 Å². The Morgan fingerprint density at radius 1 is 1.50 bits per heavy atom. The Kier molecular flexibility index (Phi) is 6.14. The van der Waals surface area contributed by atoms with Gasteiger partial charge in [-0.15, -0.1) is 0 Å². The Balaban J connectivity index is 2.98. The summed E-state index contributed by atoms with van der Waals surface area (Å²) in [6.07, 6.45) is 0.555. The number of hydrogen-bond acceptors (Lipinski definition) is 3. The maximum Gasteiger partial charge on any atom is 0.141 e. The molecular formula is C7H13NO2. The zero-order valence-electron chi connectivity index (χ0n) is 6.46. The zero-order chi connectivity index (χ0) is 7.82. The zero-order valence-corrected chi connectivity index (χ0v) is 6.46. The largest absolute Gasteiger partial charge is 0.385 e. The van der Waals surface area contributed by atoms with Crippen molar-refractivity contribution in [2.45, 2.75) is 19.4 Å². The maximum atomic E-state index is 8.29. The molecule has 10 heavy (non-hydrogen) atoms. The molecule has 0 aromatic rings. The third-order valence-corrected chi connectivity index (χ3v) is 1.04. The molecule has 0 aromatic heterocycles. The van der Waals surface area contributed by atoms with Crippen molar-refractivity contribution in [3.8, 4) is 6.07 Å². The molecule has 0 amide bonds. The second-order valence-electron chi connectivity index (χ2n) is 1.99. The smallest absolute Gasteiger partial charge is 0.141 e. The van der Waals surface area contributed by atoms with E-state index in [1.54, 1.807) is 14.0 Å². The van der Waals surface area contributed by atoms with Gasteiger partial charge in [0.1, 0.15) is 6.10 Å². The van der Waals surface area contributed by atoms with Gasteiger partial charge in [0.15, 0.2) is 0 Å². The van der Waals surface area contributed by atoms with E-state index in [-0.39, 0.29) is 6.10 Å². The summed E-state index contributed by atoms with van der Waals surface area (Å²) in [6.45, 7) is 3.02. The highest BCUT2D eigenvalue weighted by Crippen LogP contribution is 1.89. The molecule has 1 atom stereocenters. The van der Waals surface area contributed by atoms with Crippen LogP contribution in [0.1, 0.15) is 13.3 Å². The van der Waals surface area contributed by atoms with E-state index in [0.717, 1.165) is 6.42 Å². The first-order valence-corrected chi connectivity index (χ1v) is 3.31. The lowest BCUT2D eigenvalue weighted by Crippen LogP contribution is -2.07. The first-order valence-electron chi connectivity index (χ1n) is 3.31. The van der Waals surface area contributed by atoms with Crippen LogP contribution in [-0.2, 0) is 9.47 Å². The maximum absolute atomic E-state index is 8.29. The lowest BCUT2D eigenvalue weighted by molar-refractivity contribution is 0.0794. The van der Waals surface area contributed by atoms with Gasteiger partial charge in [-0.05, 0) is 13.3 Å². The van der Waals surface area contributed by atoms with E-state index in [4.69, 9.17) is 14.7 Å². The van der Waals surface area contributed by atoms with Crippen molar-refractivity contribution < 1.29 is 9.47 Å². The molecule has 58 valence electrons. The van der Waals surface area contributed by atoms with E-state index in [9.17, 15) is 0 Å². The monoisotopic (exact) mass is 143 g/mol. The van der Waals surface area contributed by atoms with E-state index >= 15 is 0 Å². The van der Waals surface area contributed by atoms with Gasteiger partial charge in [-0.25, -0.2) is 0 Å². The van der Waals surface area contributed by atoms with Gasteiger partial charge in [0.25, 0.3) is 0 Å². The van der Waals surface area contributed by atoms with Gasteiger partial charge in [0.05, 0.1) is 12.7 Å². The third-order valence-electron chi connectivity index (χ3n) is 1.04. The molecule has 0 aliphatic heterocycles. The molecule has 0 aliphatic carbocycles. The Hall–Kier alpha value is -0.590. The Bertz CT molecular complexity index is 109. The number of ether oxygens (including phenoxy) is 2. The molecule has 0 spiro atoms. The molecule has 0 radical (unpaired) electrons. The second kappa shape index (κ2) is 6.53. The lowest BCUT2D eigenvalue weighted by Gasteiger charge is -2.03. The fourth-order valence-corrected chi connectivity index (χ4v) is 0.501. The van der Waals surface area contributed by atoms with E-state index in [1.807, 2.05) is 6.07 Å². The number of nitriles is 1. The fraction of sp³-hybridized carbons (Fsp3) is 0.857. The van der Waals surface area contributed by atoms with Gasteiger partial charge in [-0.3, -0.25) is 0 Å². The van der Waals surface area contributed by atoms with Crippen molar-refractivity contribution in [2.24, 2.45) is 0 Å². The summed E-state index contributed by atoms with van der Waals surface area (Å²) < 4.78 is 9.85. The molecule has 0 fully saturated rings. The van der Waals surface area contributed by atoms with E-state index in [2.05, 4.69) is 0 Å². The summed E-state index contributed by atoms with van der Waals surface area (Å²) in [4.78, 5) is 0. The molecule has 0 bridgehead atoms. The summed E-state index contributed by atoms with van der Waals surface area (Å²) in [6, 6.07) is 1.98. The standard InChI is InChI=1S/C7H13NO2/c1-7(6-8)10-5-3-4-9-2/h7H,3-5H2,1-2H3. The fourth-order valence-electron chi connectivity index (χ4n) is 0.501. The van der Waals surface area contributed by atoms with Crippen LogP contribution in [0.15, 0.2) is 0 Å². The molecule has 0 aliphatic rings. The van der Waals surface area contributed by atoms with Crippen molar-refractivity contribution >= 4 is 0 Å². The number of rotatable bonds is 5. The predicted molar refractivity (Wildman–Crippen MR) is 37.5 cm³/mol. The van der Waals surface area contributed by atoms with Crippen molar-refractivity contribution in [2.75, 3.05) is 20.3 Å². The topological polar surface area (TPSA) is 42.2 Å². The lowest BCUT2D eigenvalue weighted by atomic mass is 10.4. The van der Waals surface area contributed by atoms with Crippen LogP contribution in [-0.4, -0.2) is 26.4 Å². The van der Waals surface area contributed by atoms with Crippen LogP contribution in [0.5, 0.6) is 0 Å². The summed E-state index contributed by atoms with van der Waals surface area (Å²) in [5.41, 5.74) is 0. The average molecular weight is 143 g/mol. The molecule has 0 N–H and O–H groups in total. The first kappa shape index (κ1) is 9.41. The van der Waals surface area contributed by atoms with E-state index in [0.29, 0.717) is 13.2 Å². The highest BCUT2D eigenvalue weighted by molar-refractivity contribution is 4.78. The quantitative estimate of drug-likeness (QED) is 0.538. The Morgan fingerprint density at radius 2 is 2.20 bits per heavy atom. The van der Waals surface area contributed by atoms with Gasteiger partial charge in [-0.2, -0.15) is 5.26 Å². The van der Waals surface area contributed by atoms with Gasteiger partial charge in [-0.1, -0.05) is 0 Å². The highest BCUT2D eigenvalue weighted by Gasteiger charge is 1.96. The molecule has 1 unspecified atom stereocenters. The molecule has 0 saturated heterocycles. The number of hydrogen-bond donors (Lipinski definition) is 0. The predicted octanol–water partition coefficient (Wildman–Crippen LogP) is 0.952. The third kappa shape index (κ3) is 5.54. The van der Waals surface area contributed by atoms with Crippen LogP contribution < -0.4 is 0 Å². The van der Waals surface area contributed by atoms with Gasteiger partial charge in [0, 0.05) is 13.7 Å². The van der Waals surface area contributed by atoms with Crippen LogP contribution in [0, 0.1) is 11.3 Å². The number of nitrogens with zero attached hydrogens (tertiary/aromatic N) is 1. The van der Waals surface area contributed by atoms with Crippen molar-refractivity contribution in [3.05, 3.63) is 0 Å². The summed E-state index contributed by atoms with van der Waals surface area (Å²) >= 11 is 0. The SMILES string of the molecule is COCCCOC(C)C#N. The molecule has 0 saturated carbocycles. The minimum atomic E-state index is -0.295. The molecule has 3 nitrogen and oxygen atoms in total. The van der Waals surface area contributed by atoms with Crippen LogP contribution in [0.4, 0.5) is 0 Å². The molecule has 0 aromatic carbocycles. The van der Waals surface area contributed by atoms with Crippen LogP contribution in [0.25, 0.3) is 0 Å². The van der Waals surface area contributed by atoms with Crippen molar-refractivity contribution in [1.82, 2.24) is 0 Å². The molecular weight excluding hydrogens is 130 g/mol. The highest BCUT2D eigenvalue weighted by atomic mass is 16.5. The van der Waals surface area contributed by atoms with Gasteiger partial charge >= 0.3 is 0 Å². The van der Waals surface area contributed by atoms with Crippen LogP contribution in [0.2, 0.25) is 0 Å². The van der Waals surface area contributed by atoms with Crippen LogP contribution >= 0.6 is 0 Å².